The van der Waals surface area contributed by atoms with E-state index in [2.05, 4.69) is 16.0 Å². The third-order valence-electron chi connectivity index (χ3n) is 2.56. The predicted octanol–water partition coefficient (Wildman–Crippen LogP) is 2.65. The predicted molar refractivity (Wildman–Crippen MR) is 61.8 cm³/mol. The van der Waals surface area contributed by atoms with Gasteiger partial charge in [-0.2, -0.15) is 5.26 Å². The molecule has 0 aliphatic carbocycles. The van der Waals surface area contributed by atoms with Crippen LogP contribution in [-0.2, 0) is 0 Å². The fourth-order valence-electron chi connectivity index (χ4n) is 1.81. The Morgan fingerprint density at radius 3 is 2.94 bits per heavy atom. The van der Waals surface area contributed by atoms with Crippen molar-refractivity contribution in [3.63, 3.8) is 0 Å². The van der Waals surface area contributed by atoms with Crippen LogP contribution >= 0.6 is 0 Å². The molecule has 0 N–H and O–H groups in total. The van der Waals surface area contributed by atoms with E-state index in [9.17, 15) is 0 Å². The van der Waals surface area contributed by atoms with Gasteiger partial charge in [0.1, 0.15) is 6.07 Å². The van der Waals surface area contributed by atoms with Crippen LogP contribution in [0.5, 0.6) is 0 Å². The maximum atomic E-state index is 8.81. The smallest absolute Gasteiger partial charge is 0.101 e. The summed E-state index contributed by atoms with van der Waals surface area (Å²) in [5.74, 6) is 0. The van der Waals surface area contributed by atoms with Crippen LogP contribution in [0, 0.1) is 11.3 Å². The molecule has 0 spiro atoms. The minimum absolute atomic E-state index is 0.579. The van der Waals surface area contributed by atoms with Crippen molar-refractivity contribution in [2.75, 3.05) is 0 Å². The Hall–Kier alpha value is -2.47. The van der Waals surface area contributed by atoms with E-state index in [1.165, 1.54) is 0 Å². The summed E-state index contributed by atoms with van der Waals surface area (Å²) in [6, 6.07) is 11.7. The lowest BCUT2D eigenvalue weighted by atomic mass is 10.1. The zero-order chi connectivity index (χ0) is 11.0. The molecule has 3 nitrogen and oxygen atoms in total. The third-order valence-corrected chi connectivity index (χ3v) is 2.56. The zero-order valence-electron chi connectivity index (χ0n) is 8.38. The Balaban J connectivity index is 2.49. The summed E-state index contributed by atoms with van der Waals surface area (Å²) in [5, 5.41) is 10.8. The standard InChI is InChI=1S/C13H7N3/c14-7-9-6-10-3-4-12-11(2-1-5-15-12)13(10)16-8-9/h1-6,8H. The maximum Gasteiger partial charge on any atom is 0.101 e. The van der Waals surface area contributed by atoms with Crippen molar-refractivity contribution in [2.45, 2.75) is 0 Å². The SMILES string of the molecule is N#Cc1cnc2c(ccc3ncccc32)c1. The number of pyridine rings is 2. The molecular weight excluding hydrogens is 198 g/mol. The normalized spacial score (nSPS) is 10.4. The molecule has 0 unspecified atom stereocenters. The molecule has 0 aliphatic rings. The molecule has 1 aromatic carbocycles. The van der Waals surface area contributed by atoms with E-state index in [1.807, 2.05) is 30.3 Å². The van der Waals surface area contributed by atoms with Crippen molar-refractivity contribution in [1.82, 2.24) is 9.97 Å². The number of benzene rings is 1. The molecule has 2 heterocycles. The number of fused-ring (bicyclic) bond motifs is 3. The van der Waals surface area contributed by atoms with Crippen molar-refractivity contribution in [3.05, 3.63) is 48.3 Å². The maximum absolute atomic E-state index is 8.81. The van der Waals surface area contributed by atoms with Gasteiger partial charge in [-0.1, -0.05) is 6.07 Å². The first-order valence-corrected chi connectivity index (χ1v) is 4.92. The molecule has 3 aromatic rings. The molecule has 0 aliphatic heterocycles. The second-order valence-electron chi connectivity index (χ2n) is 3.54. The molecule has 3 heteroatoms. The van der Waals surface area contributed by atoms with E-state index in [4.69, 9.17) is 5.26 Å². The number of nitrogens with zero attached hydrogens (tertiary/aromatic N) is 3. The molecular formula is C13H7N3. The quantitative estimate of drug-likeness (QED) is 0.530. The monoisotopic (exact) mass is 205 g/mol. The van der Waals surface area contributed by atoms with Gasteiger partial charge in [-0.3, -0.25) is 9.97 Å². The van der Waals surface area contributed by atoms with Gasteiger partial charge in [-0.25, -0.2) is 0 Å². The molecule has 0 saturated heterocycles. The molecule has 0 atom stereocenters. The largest absolute Gasteiger partial charge is 0.256 e. The molecule has 74 valence electrons. The number of hydrogen-bond donors (Lipinski definition) is 0. The van der Waals surface area contributed by atoms with E-state index in [-0.39, 0.29) is 0 Å². The second-order valence-corrected chi connectivity index (χ2v) is 3.54. The van der Waals surface area contributed by atoms with Crippen LogP contribution < -0.4 is 0 Å². The number of rotatable bonds is 0. The number of aromatic nitrogens is 2. The molecule has 16 heavy (non-hydrogen) atoms. The molecule has 3 rings (SSSR count). The topological polar surface area (TPSA) is 49.6 Å². The van der Waals surface area contributed by atoms with Crippen molar-refractivity contribution < 1.29 is 0 Å². The summed E-state index contributed by atoms with van der Waals surface area (Å²) >= 11 is 0. The van der Waals surface area contributed by atoms with Gasteiger partial charge in [0, 0.05) is 23.2 Å². The molecule has 0 fully saturated rings. The van der Waals surface area contributed by atoms with Crippen LogP contribution in [0.1, 0.15) is 5.56 Å². The summed E-state index contributed by atoms with van der Waals surface area (Å²) in [5.41, 5.74) is 2.40. The minimum Gasteiger partial charge on any atom is -0.256 e. The number of nitriles is 1. The van der Waals surface area contributed by atoms with E-state index < -0.39 is 0 Å². The van der Waals surface area contributed by atoms with Gasteiger partial charge in [0.15, 0.2) is 0 Å². The lowest BCUT2D eigenvalue weighted by Crippen LogP contribution is -1.85. The highest BCUT2D eigenvalue weighted by Crippen LogP contribution is 2.22. The molecule has 0 radical (unpaired) electrons. The van der Waals surface area contributed by atoms with Crippen LogP contribution in [-0.4, -0.2) is 9.97 Å². The van der Waals surface area contributed by atoms with Crippen LogP contribution in [0.4, 0.5) is 0 Å². The van der Waals surface area contributed by atoms with Crippen molar-refractivity contribution >= 4 is 21.8 Å². The Kier molecular flexibility index (Phi) is 1.81. The highest BCUT2D eigenvalue weighted by Gasteiger charge is 2.02. The fourth-order valence-corrected chi connectivity index (χ4v) is 1.81. The van der Waals surface area contributed by atoms with E-state index in [1.54, 1.807) is 12.4 Å². The first-order chi connectivity index (χ1) is 7.88. The van der Waals surface area contributed by atoms with Crippen molar-refractivity contribution in [3.8, 4) is 6.07 Å². The van der Waals surface area contributed by atoms with Crippen molar-refractivity contribution in [2.24, 2.45) is 0 Å². The average molecular weight is 205 g/mol. The Labute approximate surface area is 92.0 Å². The average Bonchev–Trinajstić information content (AvgIpc) is 2.38. The first kappa shape index (κ1) is 8.81. The van der Waals surface area contributed by atoms with Crippen LogP contribution in [0.25, 0.3) is 21.8 Å². The highest BCUT2D eigenvalue weighted by molar-refractivity contribution is 6.03. The van der Waals surface area contributed by atoms with Crippen molar-refractivity contribution in [1.29, 1.82) is 5.26 Å². The van der Waals surface area contributed by atoms with Gasteiger partial charge in [0.2, 0.25) is 0 Å². The second kappa shape index (κ2) is 3.28. The number of hydrogen-bond acceptors (Lipinski definition) is 3. The molecule has 0 amide bonds. The third kappa shape index (κ3) is 1.21. The van der Waals surface area contributed by atoms with Gasteiger partial charge in [0.05, 0.1) is 16.6 Å². The van der Waals surface area contributed by atoms with Gasteiger partial charge >= 0.3 is 0 Å². The van der Waals surface area contributed by atoms with E-state index in [0.717, 1.165) is 21.8 Å². The first-order valence-electron chi connectivity index (χ1n) is 4.92. The minimum atomic E-state index is 0.579. The highest BCUT2D eigenvalue weighted by atomic mass is 14.7. The van der Waals surface area contributed by atoms with Gasteiger partial charge in [-0.15, -0.1) is 0 Å². The molecule has 2 aromatic heterocycles. The summed E-state index contributed by atoms with van der Waals surface area (Å²) < 4.78 is 0. The van der Waals surface area contributed by atoms with Crippen LogP contribution in [0.2, 0.25) is 0 Å². The van der Waals surface area contributed by atoms with Gasteiger partial charge < -0.3 is 0 Å². The molecule has 0 bridgehead atoms. The molecule has 0 saturated carbocycles. The lowest BCUT2D eigenvalue weighted by molar-refractivity contribution is 1.37. The van der Waals surface area contributed by atoms with E-state index in [0.29, 0.717) is 5.56 Å². The van der Waals surface area contributed by atoms with E-state index >= 15 is 0 Å². The Morgan fingerprint density at radius 2 is 2.06 bits per heavy atom. The summed E-state index contributed by atoms with van der Waals surface area (Å²) in [6.45, 7) is 0. The summed E-state index contributed by atoms with van der Waals surface area (Å²) in [4.78, 5) is 8.59. The Morgan fingerprint density at radius 1 is 1.12 bits per heavy atom. The van der Waals surface area contributed by atoms with Gasteiger partial charge in [-0.05, 0) is 24.3 Å². The lowest BCUT2D eigenvalue weighted by Gasteiger charge is -2.01. The van der Waals surface area contributed by atoms with Crippen LogP contribution in [0.15, 0.2) is 42.7 Å². The zero-order valence-corrected chi connectivity index (χ0v) is 8.38. The summed E-state index contributed by atoms with van der Waals surface area (Å²) in [6.07, 6.45) is 3.35. The Bertz CT molecular complexity index is 726. The summed E-state index contributed by atoms with van der Waals surface area (Å²) in [7, 11) is 0. The van der Waals surface area contributed by atoms with Crippen LogP contribution in [0.3, 0.4) is 0 Å². The fraction of sp³-hybridized carbons (Fsp3) is 0. The van der Waals surface area contributed by atoms with Gasteiger partial charge in [0.25, 0.3) is 0 Å².